The molecule has 0 amide bonds. The van der Waals surface area contributed by atoms with E-state index in [-0.39, 0.29) is 0 Å². The summed E-state index contributed by atoms with van der Waals surface area (Å²) in [5, 5.41) is 3.33. The highest BCUT2D eigenvalue weighted by Gasteiger charge is 2.26. The molecule has 2 nitrogen and oxygen atoms in total. The average molecular weight is 210 g/mol. The number of rotatable bonds is 3. The highest BCUT2D eigenvalue weighted by molar-refractivity contribution is 4.81. The van der Waals surface area contributed by atoms with Crippen LogP contribution in [0.15, 0.2) is 0 Å². The van der Waals surface area contributed by atoms with Gasteiger partial charge in [0.1, 0.15) is 0 Å². The van der Waals surface area contributed by atoms with Crippen molar-refractivity contribution in [2.75, 3.05) is 26.7 Å². The fourth-order valence-corrected chi connectivity index (χ4v) is 3.33. The van der Waals surface area contributed by atoms with E-state index in [0.29, 0.717) is 0 Å². The van der Waals surface area contributed by atoms with E-state index in [1.165, 1.54) is 64.6 Å². The molecule has 0 aromatic heterocycles. The Morgan fingerprint density at radius 3 is 2.60 bits per heavy atom. The van der Waals surface area contributed by atoms with Crippen LogP contribution in [0, 0.1) is 5.92 Å². The Morgan fingerprint density at radius 1 is 1.07 bits per heavy atom. The molecule has 0 bridgehead atoms. The molecule has 0 aromatic carbocycles. The maximum absolute atomic E-state index is 3.33. The van der Waals surface area contributed by atoms with Crippen molar-refractivity contribution in [2.24, 2.45) is 5.92 Å². The lowest BCUT2D eigenvalue weighted by atomic mass is 9.90. The Morgan fingerprint density at radius 2 is 1.87 bits per heavy atom. The quantitative estimate of drug-likeness (QED) is 0.768. The molecule has 1 unspecified atom stereocenters. The molecule has 1 heterocycles. The van der Waals surface area contributed by atoms with E-state index in [9.17, 15) is 0 Å². The molecule has 0 radical (unpaired) electrons. The van der Waals surface area contributed by atoms with Crippen LogP contribution in [-0.4, -0.2) is 37.6 Å². The maximum Gasteiger partial charge on any atom is 0.00953 e. The molecule has 0 aromatic rings. The predicted octanol–water partition coefficient (Wildman–Crippen LogP) is 2.25. The summed E-state index contributed by atoms with van der Waals surface area (Å²) < 4.78 is 0. The second-order valence-corrected chi connectivity index (χ2v) is 5.35. The van der Waals surface area contributed by atoms with Gasteiger partial charge in [-0.1, -0.05) is 19.3 Å². The van der Waals surface area contributed by atoms with Crippen molar-refractivity contribution < 1.29 is 0 Å². The topological polar surface area (TPSA) is 15.3 Å². The molecule has 1 saturated carbocycles. The fraction of sp³-hybridized carbons (Fsp3) is 1.00. The van der Waals surface area contributed by atoms with Gasteiger partial charge < -0.3 is 10.2 Å². The van der Waals surface area contributed by atoms with Gasteiger partial charge >= 0.3 is 0 Å². The van der Waals surface area contributed by atoms with Crippen LogP contribution in [0.2, 0.25) is 0 Å². The lowest BCUT2D eigenvalue weighted by Gasteiger charge is -2.40. The zero-order valence-corrected chi connectivity index (χ0v) is 10.2. The monoisotopic (exact) mass is 210 g/mol. The normalized spacial score (nSPS) is 30.6. The molecule has 88 valence electrons. The number of nitrogens with zero attached hydrogens (tertiary/aromatic N) is 1. The maximum atomic E-state index is 3.33. The highest BCUT2D eigenvalue weighted by Crippen LogP contribution is 2.26. The van der Waals surface area contributed by atoms with Crippen LogP contribution >= 0.6 is 0 Å². The molecule has 1 N–H and O–H groups in total. The number of hydrogen-bond acceptors (Lipinski definition) is 2. The summed E-state index contributed by atoms with van der Waals surface area (Å²) in [5.41, 5.74) is 0. The number of piperidine rings is 1. The first-order valence-corrected chi connectivity index (χ1v) is 6.79. The smallest absolute Gasteiger partial charge is 0.00953 e. The molecular weight excluding hydrogens is 184 g/mol. The zero-order valence-electron chi connectivity index (χ0n) is 10.2. The molecule has 1 atom stereocenters. The Hall–Kier alpha value is -0.0800. The molecule has 1 aliphatic carbocycles. The van der Waals surface area contributed by atoms with Crippen LogP contribution in [-0.2, 0) is 0 Å². The zero-order chi connectivity index (χ0) is 10.5. The van der Waals surface area contributed by atoms with Gasteiger partial charge in [0.2, 0.25) is 0 Å². The third kappa shape index (κ3) is 3.18. The minimum absolute atomic E-state index is 0.908. The molecule has 15 heavy (non-hydrogen) atoms. The van der Waals surface area contributed by atoms with Gasteiger partial charge in [-0.25, -0.2) is 0 Å². The minimum Gasteiger partial charge on any atom is -0.319 e. The van der Waals surface area contributed by atoms with Crippen molar-refractivity contribution in [1.82, 2.24) is 10.2 Å². The minimum atomic E-state index is 0.908. The van der Waals surface area contributed by atoms with Crippen molar-refractivity contribution >= 4 is 0 Å². The van der Waals surface area contributed by atoms with Crippen LogP contribution in [0.25, 0.3) is 0 Å². The Labute approximate surface area is 94.4 Å². The summed E-state index contributed by atoms with van der Waals surface area (Å²) >= 11 is 0. The van der Waals surface area contributed by atoms with E-state index < -0.39 is 0 Å². The largest absolute Gasteiger partial charge is 0.319 e. The SMILES string of the molecule is CNCC1CCCN(C2CCCCC2)C1. The Balaban J connectivity index is 1.80. The Bertz CT molecular complexity index is 173. The Kier molecular flexibility index (Phi) is 4.45. The second kappa shape index (κ2) is 5.86. The molecule has 2 aliphatic rings. The van der Waals surface area contributed by atoms with Crippen molar-refractivity contribution in [3.63, 3.8) is 0 Å². The van der Waals surface area contributed by atoms with Crippen LogP contribution in [0.3, 0.4) is 0 Å². The number of likely N-dealkylation sites (tertiary alicyclic amines) is 1. The first-order valence-electron chi connectivity index (χ1n) is 6.79. The molecule has 0 spiro atoms. The van der Waals surface area contributed by atoms with Gasteiger partial charge in [-0.2, -0.15) is 0 Å². The molecule has 2 rings (SSSR count). The summed E-state index contributed by atoms with van der Waals surface area (Å²) in [5.74, 6) is 0.908. The third-order valence-corrected chi connectivity index (χ3v) is 4.13. The fourth-order valence-electron chi connectivity index (χ4n) is 3.33. The lowest BCUT2D eigenvalue weighted by Crippen LogP contribution is -2.45. The van der Waals surface area contributed by atoms with E-state index in [1.54, 1.807) is 0 Å². The van der Waals surface area contributed by atoms with E-state index in [1.807, 2.05) is 0 Å². The van der Waals surface area contributed by atoms with Gasteiger partial charge in [-0.15, -0.1) is 0 Å². The molecular formula is C13H26N2. The van der Waals surface area contributed by atoms with Crippen LogP contribution in [0.5, 0.6) is 0 Å². The third-order valence-electron chi connectivity index (χ3n) is 4.13. The number of hydrogen-bond donors (Lipinski definition) is 1. The van der Waals surface area contributed by atoms with Crippen LogP contribution in [0.1, 0.15) is 44.9 Å². The molecule has 1 saturated heterocycles. The summed E-state index contributed by atoms with van der Waals surface area (Å²) in [7, 11) is 2.08. The molecule has 1 aliphatic heterocycles. The average Bonchev–Trinajstić information content (AvgIpc) is 2.31. The first-order chi connectivity index (χ1) is 7.40. The summed E-state index contributed by atoms with van der Waals surface area (Å²) in [6.07, 6.45) is 10.2. The van der Waals surface area contributed by atoms with E-state index in [0.717, 1.165) is 12.0 Å². The van der Waals surface area contributed by atoms with Gasteiger partial charge in [-0.05, 0) is 51.7 Å². The van der Waals surface area contributed by atoms with Gasteiger partial charge in [0.25, 0.3) is 0 Å². The van der Waals surface area contributed by atoms with Crippen molar-refractivity contribution in [3.8, 4) is 0 Å². The molecule has 2 fully saturated rings. The van der Waals surface area contributed by atoms with Crippen LogP contribution in [0.4, 0.5) is 0 Å². The van der Waals surface area contributed by atoms with Crippen LogP contribution < -0.4 is 5.32 Å². The number of nitrogens with one attached hydrogen (secondary N) is 1. The first kappa shape index (κ1) is 11.4. The summed E-state index contributed by atoms with van der Waals surface area (Å²) in [4.78, 5) is 2.78. The summed E-state index contributed by atoms with van der Waals surface area (Å²) in [6.45, 7) is 3.93. The standard InChI is InChI=1S/C13H26N2/c1-14-10-12-6-5-9-15(11-12)13-7-3-2-4-8-13/h12-14H,2-11H2,1H3. The second-order valence-electron chi connectivity index (χ2n) is 5.35. The van der Waals surface area contributed by atoms with Gasteiger partial charge in [0.15, 0.2) is 0 Å². The van der Waals surface area contributed by atoms with Gasteiger partial charge in [0.05, 0.1) is 0 Å². The van der Waals surface area contributed by atoms with Crippen molar-refractivity contribution in [3.05, 3.63) is 0 Å². The summed E-state index contributed by atoms with van der Waals surface area (Å²) in [6, 6.07) is 0.929. The van der Waals surface area contributed by atoms with Crippen molar-refractivity contribution in [1.29, 1.82) is 0 Å². The molecule has 2 heteroatoms. The predicted molar refractivity (Wildman–Crippen MR) is 65.1 cm³/mol. The van der Waals surface area contributed by atoms with E-state index in [4.69, 9.17) is 0 Å². The van der Waals surface area contributed by atoms with Crippen molar-refractivity contribution in [2.45, 2.75) is 51.0 Å². The highest BCUT2D eigenvalue weighted by atomic mass is 15.2. The van der Waals surface area contributed by atoms with Gasteiger partial charge in [0, 0.05) is 12.6 Å². The van der Waals surface area contributed by atoms with E-state index in [2.05, 4.69) is 17.3 Å². The van der Waals surface area contributed by atoms with E-state index >= 15 is 0 Å². The lowest BCUT2D eigenvalue weighted by molar-refractivity contribution is 0.0987. The van der Waals surface area contributed by atoms with Gasteiger partial charge in [-0.3, -0.25) is 0 Å².